The highest BCUT2D eigenvalue weighted by Crippen LogP contribution is 2.26. The van der Waals surface area contributed by atoms with E-state index in [0.29, 0.717) is 18.4 Å². The predicted molar refractivity (Wildman–Crippen MR) is 224 cm³/mol. The molecule has 0 radical (unpaired) electrons. The van der Waals surface area contributed by atoms with Crippen molar-refractivity contribution in [1.29, 1.82) is 0 Å². The summed E-state index contributed by atoms with van der Waals surface area (Å²) in [4.78, 5) is 114. The van der Waals surface area contributed by atoms with Crippen molar-refractivity contribution >= 4 is 53.1 Å². The summed E-state index contributed by atoms with van der Waals surface area (Å²) in [6.07, 6.45) is 4.37. The molecule has 7 amide bonds. The molecule has 2 aliphatic rings. The fraction of sp³-hybridized carbons (Fsp3) is 0.585. The van der Waals surface area contributed by atoms with Crippen LogP contribution in [0, 0.1) is 11.8 Å². The average molecular weight is 855 g/mol. The van der Waals surface area contributed by atoms with Crippen molar-refractivity contribution < 1.29 is 48.6 Å². The van der Waals surface area contributed by atoms with Gasteiger partial charge < -0.3 is 58.5 Å². The largest absolute Gasteiger partial charge is 0.504 e. The van der Waals surface area contributed by atoms with Gasteiger partial charge in [-0.05, 0) is 68.6 Å². The van der Waals surface area contributed by atoms with Crippen LogP contribution in [-0.4, -0.2) is 124 Å². The van der Waals surface area contributed by atoms with Crippen molar-refractivity contribution in [2.24, 2.45) is 28.3 Å². The van der Waals surface area contributed by atoms with Gasteiger partial charge in [0.25, 0.3) is 5.91 Å². The monoisotopic (exact) mass is 854 g/mol. The number of amides is 7. The lowest BCUT2D eigenvalue weighted by atomic mass is 9.96. The Labute approximate surface area is 355 Å². The van der Waals surface area contributed by atoms with Crippen LogP contribution < -0.4 is 43.4 Å². The molecule has 8 atom stereocenters. The van der Waals surface area contributed by atoms with E-state index in [4.69, 9.17) is 11.5 Å². The fourth-order valence-electron chi connectivity index (χ4n) is 6.79. The van der Waals surface area contributed by atoms with Gasteiger partial charge in [0.1, 0.15) is 24.2 Å². The van der Waals surface area contributed by atoms with Crippen LogP contribution in [0.2, 0.25) is 0 Å². The summed E-state index contributed by atoms with van der Waals surface area (Å²) in [5.41, 5.74) is 11.4. The Balaban J connectivity index is 2.06. The highest BCUT2D eigenvalue weighted by Gasteiger charge is 2.40. The molecule has 1 fully saturated rings. The first-order valence-electron chi connectivity index (χ1n) is 20.7. The van der Waals surface area contributed by atoms with Crippen LogP contribution in [0.25, 0.3) is 0 Å². The smallest absolute Gasteiger partial charge is 0.290 e. The second kappa shape index (κ2) is 23.5. The van der Waals surface area contributed by atoms with Crippen molar-refractivity contribution in [2.75, 3.05) is 19.6 Å². The number of phenolic OH excluding ortho intramolecular Hbond substituents is 2. The van der Waals surface area contributed by atoms with E-state index in [0.717, 1.165) is 12.5 Å². The Kier molecular flexibility index (Phi) is 19.0. The first kappa shape index (κ1) is 49.2. The number of guanidine groups is 1. The number of fused-ring (bicyclic) bond motifs is 1. The number of hydrogen-bond donors (Lipinski definition) is 10. The van der Waals surface area contributed by atoms with Crippen molar-refractivity contribution in [3.63, 3.8) is 0 Å². The minimum Gasteiger partial charge on any atom is -0.504 e. The number of benzene rings is 1. The molecule has 12 N–H and O–H groups in total. The zero-order chi connectivity index (χ0) is 45.4. The number of nitrogens with two attached hydrogens (primary N) is 2. The van der Waals surface area contributed by atoms with Gasteiger partial charge in [0, 0.05) is 32.1 Å². The SMILES string of the molecule is CCC(C)CC(=O)NC(C)C(=O)NC1CNC(=O)/C=C/C(Cc2ccc(O)c(O)c2)NC(=O)C(C(C)CC)NC(=O)C(=O)C(CCCN=C(N)N)NC(=O)C2CCCN2C1=O. The topological polar surface area (TPSA) is 317 Å². The van der Waals surface area contributed by atoms with Crippen LogP contribution in [-0.2, 0) is 44.8 Å². The molecule has 336 valence electrons. The van der Waals surface area contributed by atoms with Crippen LogP contribution in [0.3, 0.4) is 0 Å². The number of aliphatic imine (C=N–C) groups is 1. The number of hydrogen-bond acceptors (Lipinski definition) is 11. The van der Waals surface area contributed by atoms with Crippen molar-refractivity contribution in [2.45, 2.75) is 122 Å². The second-order valence-electron chi connectivity index (χ2n) is 15.7. The minimum absolute atomic E-state index is 0.0124. The van der Waals surface area contributed by atoms with E-state index in [1.165, 1.54) is 36.1 Å². The lowest BCUT2D eigenvalue weighted by Gasteiger charge is -2.30. The summed E-state index contributed by atoms with van der Waals surface area (Å²) < 4.78 is 0. The molecule has 61 heavy (non-hydrogen) atoms. The average Bonchev–Trinajstić information content (AvgIpc) is 3.71. The maximum absolute atomic E-state index is 14.2. The van der Waals surface area contributed by atoms with Gasteiger partial charge in [-0.1, -0.05) is 52.7 Å². The molecule has 0 spiro atoms. The molecule has 0 aliphatic carbocycles. The lowest BCUT2D eigenvalue weighted by Crippen LogP contribution is -2.60. The van der Waals surface area contributed by atoms with Gasteiger partial charge >= 0.3 is 0 Å². The molecule has 0 bridgehead atoms. The molecule has 20 nitrogen and oxygen atoms in total. The molecule has 1 aromatic rings. The Bertz CT molecular complexity index is 1830. The molecule has 0 aromatic heterocycles. The number of ketones is 1. The van der Waals surface area contributed by atoms with Crippen LogP contribution in [0.1, 0.15) is 85.1 Å². The number of nitrogens with zero attached hydrogens (tertiary/aromatic N) is 2. The zero-order valence-corrected chi connectivity index (χ0v) is 35.5. The summed E-state index contributed by atoms with van der Waals surface area (Å²) in [6, 6.07) is -3.25. The summed E-state index contributed by atoms with van der Waals surface area (Å²) in [7, 11) is 0. The maximum atomic E-state index is 14.2. The Morgan fingerprint density at radius 1 is 0.967 bits per heavy atom. The number of nitrogens with one attached hydrogen (secondary N) is 6. The molecule has 8 unspecified atom stereocenters. The van der Waals surface area contributed by atoms with Crippen LogP contribution >= 0.6 is 0 Å². The van der Waals surface area contributed by atoms with E-state index in [1.807, 2.05) is 13.8 Å². The first-order chi connectivity index (χ1) is 28.8. The number of carbonyl (C=O) groups is 8. The fourth-order valence-corrected chi connectivity index (χ4v) is 6.79. The van der Waals surface area contributed by atoms with E-state index in [2.05, 4.69) is 36.9 Å². The lowest BCUT2D eigenvalue weighted by molar-refractivity contribution is -0.144. The summed E-state index contributed by atoms with van der Waals surface area (Å²) in [5.74, 6) is -7.68. The summed E-state index contributed by atoms with van der Waals surface area (Å²) in [6.45, 7) is 8.44. The summed E-state index contributed by atoms with van der Waals surface area (Å²) in [5, 5.41) is 35.8. The van der Waals surface area contributed by atoms with Gasteiger partial charge in [-0.2, -0.15) is 0 Å². The minimum atomic E-state index is -1.43. The third-order valence-corrected chi connectivity index (χ3v) is 10.8. The third-order valence-electron chi connectivity index (χ3n) is 10.8. The molecule has 2 heterocycles. The Hall–Kier alpha value is -6.21. The molecular weight excluding hydrogens is 793 g/mol. The van der Waals surface area contributed by atoms with Crippen molar-refractivity contribution in [3.05, 3.63) is 35.9 Å². The molecule has 3 rings (SSSR count). The number of Topliss-reactive ketones (excluding diaryl/α,β-unsaturated/α-hetero) is 1. The maximum Gasteiger partial charge on any atom is 0.290 e. The Morgan fingerprint density at radius 2 is 1.69 bits per heavy atom. The van der Waals surface area contributed by atoms with Gasteiger partial charge in [0.15, 0.2) is 17.5 Å². The molecule has 0 saturated carbocycles. The van der Waals surface area contributed by atoms with E-state index < -0.39 is 95.7 Å². The highest BCUT2D eigenvalue weighted by atomic mass is 16.3. The molecular formula is C41H62N10O10. The molecule has 1 aromatic carbocycles. The summed E-state index contributed by atoms with van der Waals surface area (Å²) >= 11 is 0. The van der Waals surface area contributed by atoms with E-state index in [9.17, 15) is 48.6 Å². The van der Waals surface area contributed by atoms with E-state index >= 15 is 0 Å². The van der Waals surface area contributed by atoms with Crippen LogP contribution in [0.5, 0.6) is 11.5 Å². The highest BCUT2D eigenvalue weighted by molar-refractivity contribution is 6.38. The number of aromatic hydroxyl groups is 2. The third kappa shape index (κ3) is 15.1. The van der Waals surface area contributed by atoms with Gasteiger partial charge in [-0.3, -0.25) is 43.3 Å². The quantitative estimate of drug-likeness (QED) is 0.0350. The van der Waals surface area contributed by atoms with E-state index in [1.54, 1.807) is 13.8 Å². The number of rotatable bonds is 14. The number of phenols is 2. The van der Waals surface area contributed by atoms with Crippen molar-refractivity contribution in [1.82, 2.24) is 36.8 Å². The predicted octanol–water partition coefficient (Wildman–Crippen LogP) is -1.13. The van der Waals surface area contributed by atoms with Gasteiger partial charge in [0.2, 0.25) is 41.2 Å². The normalized spacial score (nSPS) is 23.9. The number of carbonyl (C=O) groups excluding carboxylic acids is 8. The first-order valence-corrected chi connectivity index (χ1v) is 20.7. The van der Waals surface area contributed by atoms with Gasteiger partial charge in [-0.25, -0.2) is 0 Å². The van der Waals surface area contributed by atoms with Gasteiger partial charge in [-0.15, -0.1) is 0 Å². The van der Waals surface area contributed by atoms with Crippen LogP contribution in [0.15, 0.2) is 35.3 Å². The molecule has 2 aliphatic heterocycles. The second-order valence-corrected chi connectivity index (χ2v) is 15.7. The van der Waals surface area contributed by atoms with Gasteiger partial charge in [0.05, 0.1) is 12.1 Å². The standard InChI is InChI=1S/C41H62N10O10/c1-6-22(3)18-33(55)46-24(5)36(57)49-28-21-45-32(54)15-13-26(19-25-12-14-30(52)31(53)20-25)47-38(59)34(23(4)7-2)50-39(60)35(56)27(10-8-16-44-41(42)43)48-37(58)29-11-9-17-51(29)40(28)61/h12-15,20,22-24,26-29,34,52-53H,6-11,16-19,21H2,1-5H3,(H,45,54)(H,46,55)(H,47,59)(H,48,58)(H,49,57)(H,50,60)(H4,42,43,44)/b15-13+. The Morgan fingerprint density at radius 3 is 2.34 bits per heavy atom. The molecule has 1 saturated heterocycles. The van der Waals surface area contributed by atoms with Crippen LogP contribution in [0.4, 0.5) is 0 Å². The van der Waals surface area contributed by atoms with Crippen molar-refractivity contribution in [3.8, 4) is 11.5 Å². The zero-order valence-electron chi connectivity index (χ0n) is 35.5. The molecule has 20 heteroatoms. The van der Waals surface area contributed by atoms with E-state index in [-0.39, 0.29) is 68.7 Å².